The zero-order chi connectivity index (χ0) is 13.0. The summed E-state index contributed by atoms with van der Waals surface area (Å²) in [5.41, 5.74) is 5.38. The Hall–Kier alpha value is -0.590. The lowest BCUT2D eigenvalue weighted by atomic mass is 10.2. The third-order valence-electron chi connectivity index (χ3n) is 2.71. The SMILES string of the molecule is NC(=O)C(CCSc1ccc(Br)cn1)NC1CC1. The summed E-state index contributed by atoms with van der Waals surface area (Å²) in [4.78, 5) is 15.6. The van der Waals surface area contributed by atoms with Gasteiger partial charge >= 0.3 is 0 Å². The molecule has 1 atom stereocenters. The van der Waals surface area contributed by atoms with E-state index in [0.717, 1.165) is 34.5 Å². The molecule has 6 heteroatoms. The van der Waals surface area contributed by atoms with Crippen LogP contribution >= 0.6 is 27.7 Å². The fraction of sp³-hybridized carbons (Fsp3) is 0.500. The minimum absolute atomic E-state index is 0.208. The average molecular weight is 330 g/mol. The van der Waals surface area contributed by atoms with Crippen molar-refractivity contribution in [2.75, 3.05) is 5.75 Å². The standard InChI is InChI=1S/C12H16BrN3OS/c13-8-1-4-11(15-7-8)18-6-5-10(12(14)17)16-9-2-3-9/h1,4,7,9-10,16H,2-3,5-6H2,(H2,14,17). The monoisotopic (exact) mass is 329 g/mol. The molecule has 4 nitrogen and oxygen atoms in total. The highest BCUT2D eigenvalue weighted by Crippen LogP contribution is 2.22. The number of amides is 1. The molecule has 0 saturated heterocycles. The van der Waals surface area contributed by atoms with Gasteiger partial charge in [0.15, 0.2) is 0 Å². The number of nitrogens with two attached hydrogens (primary N) is 1. The Morgan fingerprint density at radius 3 is 2.94 bits per heavy atom. The van der Waals surface area contributed by atoms with E-state index in [-0.39, 0.29) is 11.9 Å². The van der Waals surface area contributed by atoms with Gasteiger partial charge in [-0.15, -0.1) is 11.8 Å². The van der Waals surface area contributed by atoms with Gasteiger partial charge in [-0.1, -0.05) is 0 Å². The van der Waals surface area contributed by atoms with Crippen molar-refractivity contribution in [1.29, 1.82) is 0 Å². The van der Waals surface area contributed by atoms with E-state index in [9.17, 15) is 4.79 Å². The van der Waals surface area contributed by atoms with Crippen molar-refractivity contribution in [3.05, 3.63) is 22.8 Å². The van der Waals surface area contributed by atoms with Crippen LogP contribution in [0.4, 0.5) is 0 Å². The van der Waals surface area contributed by atoms with E-state index in [1.54, 1.807) is 18.0 Å². The number of rotatable bonds is 7. The van der Waals surface area contributed by atoms with Crippen LogP contribution in [0.2, 0.25) is 0 Å². The van der Waals surface area contributed by atoms with Crippen LogP contribution in [0.25, 0.3) is 0 Å². The number of halogens is 1. The van der Waals surface area contributed by atoms with E-state index in [1.807, 2.05) is 12.1 Å². The van der Waals surface area contributed by atoms with Crippen LogP contribution in [0.5, 0.6) is 0 Å². The second-order valence-corrected chi connectivity index (χ2v) is 6.38. The third kappa shape index (κ3) is 4.59. The number of carbonyl (C=O) groups excluding carboxylic acids is 1. The molecule has 98 valence electrons. The van der Waals surface area contributed by atoms with Crippen molar-refractivity contribution < 1.29 is 4.79 Å². The molecule has 1 aromatic heterocycles. The molecule has 1 saturated carbocycles. The second kappa shape index (κ2) is 6.54. The van der Waals surface area contributed by atoms with Crippen molar-refractivity contribution in [3.63, 3.8) is 0 Å². The molecule has 1 unspecified atom stereocenters. The lowest BCUT2D eigenvalue weighted by Crippen LogP contribution is -2.42. The minimum Gasteiger partial charge on any atom is -0.368 e. The summed E-state index contributed by atoms with van der Waals surface area (Å²) in [5.74, 6) is 0.577. The van der Waals surface area contributed by atoms with Gasteiger partial charge in [-0.2, -0.15) is 0 Å². The Labute approximate surface area is 119 Å². The first-order chi connectivity index (χ1) is 8.65. The summed E-state index contributed by atoms with van der Waals surface area (Å²) in [6, 6.07) is 4.21. The van der Waals surface area contributed by atoms with Gasteiger partial charge in [-0.05, 0) is 47.3 Å². The first-order valence-electron chi connectivity index (χ1n) is 5.95. The summed E-state index contributed by atoms with van der Waals surface area (Å²) in [7, 11) is 0. The van der Waals surface area contributed by atoms with Crippen LogP contribution in [0.3, 0.4) is 0 Å². The normalized spacial score (nSPS) is 16.5. The van der Waals surface area contributed by atoms with Gasteiger partial charge in [-0.3, -0.25) is 4.79 Å². The highest BCUT2D eigenvalue weighted by Gasteiger charge is 2.26. The van der Waals surface area contributed by atoms with E-state index in [0.29, 0.717) is 6.04 Å². The number of hydrogen-bond donors (Lipinski definition) is 2. The largest absolute Gasteiger partial charge is 0.368 e. The highest BCUT2D eigenvalue weighted by molar-refractivity contribution is 9.10. The maximum Gasteiger partial charge on any atom is 0.234 e. The Balaban J connectivity index is 1.75. The number of pyridine rings is 1. The van der Waals surface area contributed by atoms with Gasteiger partial charge in [-0.25, -0.2) is 4.98 Å². The van der Waals surface area contributed by atoms with Crippen LogP contribution in [-0.2, 0) is 4.79 Å². The Kier molecular flexibility index (Phi) is 5.03. The van der Waals surface area contributed by atoms with Gasteiger partial charge in [0.25, 0.3) is 0 Å². The highest BCUT2D eigenvalue weighted by atomic mass is 79.9. The smallest absolute Gasteiger partial charge is 0.234 e. The molecule has 0 radical (unpaired) electrons. The van der Waals surface area contributed by atoms with Gasteiger partial charge < -0.3 is 11.1 Å². The molecule has 1 fully saturated rings. The average Bonchev–Trinajstić information content (AvgIpc) is 3.14. The maximum absolute atomic E-state index is 11.3. The van der Waals surface area contributed by atoms with E-state index in [2.05, 4.69) is 26.2 Å². The second-order valence-electron chi connectivity index (χ2n) is 4.35. The molecule has 1 amide bonds. The number of carbonyl (C=O) groups is 1. The summed E-state index contributed by atoms with van der Waals surface area (Å²) in [5, 5.41) is 4.24. The molecule has 2 rings (SSSR count). The Bertz CT molecular complexity index is 408. The number of thioether (sulfide) groups is 1. The lowest BCUT2D eigenvalue weighted by Gasteiger charge is -2.14. The van der Waals surface area contributed by atoms with Crippen LogP contribution in [0.1, 0.15) is 19.3 Å². The molecule has 18 heavy (non-hydrogen) atoms. The first-order valence-corrected chi connectivity index (χ1v) is 7.73. The molecule has 0 aromatic carbocycles. The van der Waals surface area contributed by atoms with Crippen molar-refractivity contribution in [2.24, 2.45) is 5.73 Å². The lowest BCUT2D eigenvalue weighted by molar-refractivity contribution is -0.120. The first kappa shape index (κ1) is 13.8. The summed E-state index contributed by atoms with van der Waals surface area (Å²) < 4.78 is 0.970. The molecular weight excluding hydrogens is 314 g/mol. The minimum atomic E-state index is -0.258. The number of nitrogens with zero attached hydrogens (tertiary/aromatic N) is 1. The van der Waals surface area contributed by atoms with Crippen LogP contribution in [0.15, 0.2) is 27.8 Å². The maximum atomic E-state index is 11.3. The summed E-state index contributed by atoms with van der Waals surface area (Å²) in [6.07, 6.45) is 4.83. The molecule has 0 spiro atoms. The topological polar surface area (TPSA) is 68.0 Å². The zero-order valence-electron chi connectivity index (χ0n) is 9.93. The van der Waals surface area contributed by atoms with Gasteiger partial charge in [0.1, 0.15) is 0 Å². The number of hydrogen-bond acceptors (Lipinski definition) is 4. The molecule has 1 aromatic rings. The van der Waals surface area contributed by atoms with Crippen molar-refractivity contribution in [1.82, 2.24) is 10.3 Å². The fourth-order valence-corrected chi connectivity index (χ4v) is 2.66. The van der Waals surface area contributed by atoms with Crippen LogP contribution < -0.4 is 11.1 Å². The van der Waals surface area contributed by atoms with Crippen LogP contribution in [-0.4, -0.2) is 28.7 Å². The molecule has 1 aliphatic rings. The predicted octanol–water partition coefficient (Wildman–Crippen LogP) is 1.93. The Morgan fingerprint density at radius 1 is 1.61 bits per heavy atom. The molecule has 1 aliphatic carbocycles. The quantitative estimate of drug-likeness (QED) is 0.750. The number of aromatic nitrogens is 1. The summed E-state index contributed by atoms with van der Waals surface area (Å²) in [6.45, 7) is 0. The Morgan fingerprint density at radius 2 is 2.39 bits per heavy atom. The molecule has 3 N–H and O–H groups in total. The van der Waals surface area contributed by atoms with Gasteiger partial charge in [0.05, 0.1) is 11.1 Å². The molecular formula is C12H16BrN3OS. The van der Waals surface area contributed by atoms with E-state index in [4.69, 9.17) is 5.73 Å². The van der Waals surface area contributed by atoms with Gasteiger partial charge in [0, 0.05) is 22.5 Å². The third-order valence-corrected chi connectivity index (χ3v) is 4.16. The van der Waals surface area contributed by atoms with E-state index in [1.165, 1.54) is 0 Å². The van der Waals surface area contributed by atoms with Crippen molar-refractivity contribution >= 4 is 33.6 Å². The van der Waals surface area contributed by atoms with E-state index >= 15 is 0 Å². The zero-order valence-corrected chi connectivity index (χ0v) is 12.3. The molecule has 1 heterocycles. The fourth-order valence-electron chi connectivity index (χ4n) is 1.57. The van der Waals surface area contributed by atoms with Crippen molar-refractivity contribution in [3.8, 4) is 0 Å². The molecule has 0 bridgehead atoms. The number of primary amides is 1. The predicted molar refractivity (Wildman–Crippen MR) is 76.4 cm³/mol. The number of nitrogens with one attached hydrogen (secondary N) is 1. The van der Waals surface area contributed by atoms with Crippen molar-refractivity contribution in [2.45, 2.75) is 36.4 Å². The molecule has 0 aliphatic heterocycles. The van der Waals surface area contributed by atoms with E-state index < -0.39 is 0 Å². The van der Waals surface area contributed by atoms with Crippen LogP contribution in [0, 0.1) is 0 Å². The van der Waals surface area contributed by atoms with Gasteiger partial charge in [0.2, 0.25) is 5.91 Å². The summed E-state index contributed by atoms with van der Waals surface area (Å²) >= 11 is 4.99.